The molecule has 11 heteroatoms. The molecule has 1 aromatic heterocycles. The van der Waals surface area contributed by atoms with Gasteiger partial charge in [0, 0.05) is 24.7 Å². The van der Waals surface area contributed by atoms with Crippen LogP contribution < -0.4 is 16.4 Å². The lowest BCUT2D eigenvalue weighted by atomic mass is 10.0. The first-order valence-electron chi connectivity index (χ1n) is 8.40. The molecule has 0 fully saturated rings. The lowest BCUT2D eigenvalue weighted by Gasteiger charge is -2.24. The number of imidazole rings is 1. The SMILES string of the molecule is CC(C)[C@H](NC(=O)[C@H](CCC(=O)O)NC(=O)[C@@H](N)Cc1cnc[nH]1)C(=O)O. The Morgan fingerprint density at radius 2 is 1.85 bits per heavy atom. The molecule has 0 spiro atoms. The van der Waals surface area contributed by atoms with Crippen LogP contribution in [-0.4, -0.2) is 62.1 Å². The molecule has 150 valence electrons. The van der Waals surface area contributed by atoms with E-state index in [9.17, 15) is 24.3 Å². The minimum Gasteiger partial charge on any atom is -0.481 e. The zero-order valence-corrected chi connectivity index (χ0v) is 15.1. The monoisotopic (exact) mass is 383 g/mol. The summed E-state index contributed by atoms with van der Waals surface area (Å²) in [6, 6.07) is -3.38. The summed E-state index contributed by atoms with van der Waals surface area (Å²) in [4.78, 5) is 53.4. The molecule has 0 unspecified atom stereocenters. The van der Waals surface area contributed by atoms with E-state index >= 15 is 0 Å². The Hall–Kier alpha value is -2.95. The molecule has 0 saturated heterocycles. The Balaban J connectivity index is 2.79. The molecule has 0 bridgehead atoms. The van der Waals surface area contributed by atoms with Crippen molar-refractivity contribution in [1.29, 1.82) is 0 Å². The summed E-state index contributed by atoms with van der Waals surface area (Å²) in [5.41, 5.74) is 6.43. The van der Waals surface area contributed by atoms with Crippen LogP contribution in [0.3, 0.4) is 0 Å². The fourth-order valence-electron chi connectivity index (χ4n) is 2.31. The summed E-state index contributed by atoms with van der Waals surface area (Å²) in [6.07, 6.45) is 2.49. The fraction of sp³-hybridized carbons (Fsp3) is 0.562. The van der Waals surface area contributed by atoms with Crippen LogP contribution in [0.5, 0.6) is 0 Å². The molecule has 1 heterocycles. The maximum atomic E-state index is 12.4. The highest BCUT2D eigenvalue weighted by Gasteiger charge is 2.29. The molecule has 0 aromatic carbocycles. The van der Waals surface area contributed by atoms with Gasteiger partial charge in [-0.05, 0) is 12.3 Å². The van der Waals surface area contributed by atoms with Gasteiger partial charge >= 0.3 is 11.9 Å². The normalized spacial score (nSPS) is 14.2. The number of carboxylic acids is 2. The van der Waals surface area contributed by atoms with E-state index in [1.807, 2.05) is 0 Å². The Kier molecular flexibility index (Phi) is 8.39. The van der Waals surface area contributed by atoms with E-state index in [2.05, 4.69) is 20.6 Å². The van der Waals surface area contributed by atoms with Crippen molar-refractivity contribution in [2.45, 2.75) is 51.2 Å². The average molecular weight is 383 g/mol. The van der Waals surface area contributed by atoms with Gasteiger partial charge in [0.2, 0.25) is 11.8 Å². The van der Waals surface area contributed by atoms with Gasteiger partial charge in [-0.15, -0.1) is 0 Å². The summed E-state index contributed by atoms with van der Waals surface area (Å²) in [5.74, 6) is -4.21. The van der Waals surface area contributed by atoms with Crippen LogP contribution in [0.1, 0.15) is 32.4 Å². The highest BCUT2D eigenvalue weighted by molar-refractivity contribution is 5.92. The van der Waals surface area contributed by atoms with Crippen molar-refractivity contribution < 1.29 is 29.4 Å². The number of H-pyrrole nitrogens is 1. The van der Waals surface area contributed by atoms with Crippen LogP contribution in [0.15, 0.2) is 12.5 Å². The van der Waals surface area contributed by atoms with E-state index in [4.69, 9.17) is 10.8 Å². The second kappa shape index (κ2) is 10.3. The number of aromatic nitrogens is 2. The number of hydrogen-bond donors (Lipinski definition) is 6. The predicted molar refractivity (Wildman–Crippen MR) is 93.5 cm³/mol. The molecule has 0 radical (unpaired) electrons. The van der Waals surface area contributed by atoms with Crippen molar-refractivity contribution in [3.05, 3.63) is 18.2 Å². The molecular formula is C16H25N5O6. The number of amides is 2. The third kappa shape index (κ3) is 7.44. The molecule has 7 N–H and O–H groups in total. The minimum absolute atomic E-state index is 0.142. The first-order chi connectivity index (χ1) is 12.6. The number of carboxylic acid groups (broad SMARTS) is 2. The van der Waals surface area contributed by atoms with Gasteiger partial charge < -0.3 is 31.6 Å². The molecule has 27 heavy (non-hydrogen) atoms. The number of nitrogens with zero attached hydrogens (tertiary/aromatic N) is 1. The molecule has 1 aromatic rings. The highest BCUT2D eigenvalue weighted by Crippen LogP contribution is 2.06. The molecule has 2 amide bonds. The van der Waals surface area contributed by atoms with E-state index in [0.29, 0.717) is 5.69 Å². The first-order valence-corrected chi connectivity index (χ1v) is 8.40. The molecule has 3 atom stereocenters. The van der Waals surface area contributed by atoms with Gasteiger partial charge in [0.25, 0.3) is 0 Å². The van der Waals surface area contributed by atoms with Gasteiger partial charge in [-0.25, -0.2) is 9.78 Å². The van der Waals surface area contributed by atoms with Gasteiger partial charge in [-0.1, -0.05) is 13.8 Å². The van der Waals surface area contributed by atoms with Crippen molar-refractivity contribution in [2.24, 2.45) is 11.7 Å². The standard InChI is InChI=1S/C16H25N5O6/c1-8(2)13(16(26)27)21-15(25)11(3-4-12(22)23)20-14(24)10(17)5-9-6-18-7-19-9/h6-8,10-11,13H,3-5,17H2,1-2H3,(H,18,19)(H,20,24)(H,21,25)(H,22,23)(H,26,27)/t10-,11-,13-/m0/s1. The lowest BCUT2D eigenvalue weighted by Crippen LogP contribution is -2.55. The Bertz CT molecular complexity index is 660. The predicted octanol–water partition coefficient (Wildman–Crippen LogP) is -1.15. The Morgan fingerprint density at radius 3 is 2.33 bits per heavy atom. The maximum Gasteiger partial charge on any atom is 0.326 e. The smallest absolute Gasteiger partial charge is 0.326 e. The van der Waals surface area contributed by atoms with Crippen LogP contribution in [0.25, 0.3) is 0 Å². The summed E-state index contributed by atoms with van der Waals surface area (Å²) in [6.45, 7) is 3.23. The Labute approximate surface area is 155 Å². The van der Waals surface area contributed by atoms with Crippen LogP contribution >= 0.6 is 0 Å². The van der Waals surface area contributed by atoms with E-state index in [0.717, 1.165) is 0 Å². The molecule has 0 aliphatic rings. The topological polar surface area (TPSA) is 187 Å². The van der Waals surface area contributed by atoms with E-state index in [-0.39, 0.29) is 19.3 Å². The Morgan fingerprint density at radius 1 is 1.19 bits per heavy atom. The highest BCUT2D eigenvalue weighted by atomic mass is 16.4. The van der Waals surface area contributed by atoms with Gasteiger partial charge in [0.15, 0.2) is 0 Å². The minimum atomic E-state index is -1.22. The molecular weight excluding hydrogens is 358 g/mol. The van der Waals surface area contributed by atoms with Crippen molar-refractivity contribution in [3.63, 3.8) is 0 Å². The van der Waals surface area contributed by atoms with Crippen molar-refractivity contribution >= 4 is 23.8 Å². The molecule has 0 aliphatic heterocycles. The van der Waals surface area contributed by atoms with Crippen molar-refractivity contribution in [3.8, 4) is 0 Å². The number of carbonyl (C=O) groups excluding carboxylic acids is 2. The number of nitrogens with two attached hydrogens (primary N) is 1. The van der Waals surface area contributed by atoms with Gasteiger partial charge in [-0.3, -0.25) is 14.4 Å². The maximum absolute atomic E-state index is 12.4. The lowest BCUT2D eigenvalue weighted by molar-refractivity contribution is -0.144. The molecule has 0 saturated carbocycles. The fourth-order valence-corrected chi connectivity index (χ4v) is 2.31. The third-order valence-electron chi connectivity index (χ3n) is 3.84. The van der Waals surface area contributed by atoms with Crippen molar-refractivity contribution in [2.75, 3.05) is 0 Å². The number of carbonyl (C=O) groups is 4. The van der Waals surface area contributed by atoms with Gasteiger partial charge in [-0.2, -0.15) is 0 Å². The quantitative estimate of drug-likeness (QED) is 0.276. The third-order valence-corrected chi connectivity index (χ3v) is 3.84. The van der Waals surface area contributed by atoms with E-state index in [1.165, 1.54) is 12.5 Å². The number of aliphatic carboxylic acids is 2. The van der Waals surface area contributed by atoms with Crippen LogP contribution in [-0.2, 0) is 25.6 Å². The van der Waals surface area contributed by atoms with E-state index in [1.54, 1.807) is 13.8 Å². The zero-order chi connectivity index (χ0) is 20.6. The molecule has 11 nitrogen and oxygen atoms in total. The number of nitrogens with one attached hydrogen (secondary N) is 3. The number of hydrogen-bond acceptors (Lipinski definition) is 6. The van der Waals surface area contributed by atoms with E-state index < -0.39 is 47.8 Å². The van der Waals surface area contributed by atoms with Crippen LogP contribution in [0.2, 0.25) is 0 Å². The average Bonchev–Trinajstić information content (AvgIpc) is 3.07. The van der Waals surface area contributed by atoms with Gasteiger partial charge in [0.05, 0.1) is 12.4 Å². The van der Waals surface area contributed by atoms with Crippen molar-refractivity contribution in [1.82, 2.24) is 20.6 Å². The number of aromatic amines is 1. The summed E-state index contributed by atoms with van der Waals surface area (Å²) in [7, 11) is 0. The van der Waals surface area contributed by atoms with Gasteiger partial charge in [0.1, 0.15) is 12.1 Å². The second-order valence-electron chi connectivity index (χ2n) is 6.45. The first kappa shape index (κ1) is 22.1. The summed E-state index contributed by atoms with van der Waals surface area (Å²) < 4.78 is 0. The molecule has 1 rings (SSSR count). The van der Waals surface area contributed by atoms with Crippen LogP contribution in [0, 0.1) is 5.92 Å². The van der Waals surface area contributed by atoms with Crippen LogP contribution in [0.4, 0.5) is 0 Å². The second-order valence-corrected chi connectivity index (χ2v) is 6.45. The molecule has 0 aliphatic carbocycles. The summed E-state index contributed by atoms with van der Waals surface area (Å²) in [5, 5.41) is 22.8. The zero-order valence-electron chi connectivity index (χ0n) is 15.1. The summed E-state index contributed by atoms with van der Waals surface area (Å²) >= 11 is 0. The largest absolute Gasteiger partial charge is 0.481 e. The number of rotatable bonds is 11.